The molecule has 1 amide bonds. The summed E-state index contributed by atoms with van der Waals surface area (Å²) in [6.45, 7) is 1.20. The Morgan fingerprint density at radius 2 is 2.53 bits per heavy atom. The molecule has 0 aliphatic carbocycles. The Labute approximate surface area is 99.6 Å². The maximum atomic E-state index is 14.2. The highest BCUT2D eigenvalue weighted by atomic mass is 19.1. The zero-order valence-electron chi connectivity index (χ0n) is 9.58. The molecule has 4 nitrogen and oxygen atoms in total. The van der Waals surface area contributed by atoms with Crippen LogP contribution in [0, 0.1) is 0 Å². The van der Waals surface area contributed by atoms with Gasteiger partial charge in [-0.1, -0.05) is 6.07 Å². The van der Waals surface area contributed by atoms with Crippen molar-refractivity contribution in [3.8, 4) is 0 Å². The molecular weight excluding hydrogens is 221 g/mol. The maximum Gasteiger partial charge on any atom is 0.259 e. The molecule has 0 aromatic carbocycles. The minimum Gasteiger partial charge on any atom is -0.349 e. The minimum absolute atomic E-state index is 0.103. The van der Waals surface area contributed by atoms with Gasteiger partial charge in [0.15, 0.2) is 0 Å². The van der Waals surface area contributed by atoms with E-state index in [0.29, 0.717) is 19.4 Å². The lowest BCUT2D eigenvalue weighted by Gasteiger charge is -2.28. The fraction of sp³-hybridized carbons (Fsp3) is 0.500. The van der Waals surface area contributed by atoms with E-state index in [2.05, 4.69) is 15.6 Å². The van der Waals surface area contributed by atoms with E-state index in [1.807, 2.05) is 6.07 Å². The number of amides is 1. The van der Waals surface area contributed by atoms with E-state index in [1.165, 1.54) is 0 Å². The third-order valence-corrected chi connectivity index (χ3v) is 2.91. The molecule has 1 aliphatic rings. The highest BCUT2D eigenvalue weighted by molar-refractivity contribution is 5.85. The van der Waals surface area contributed by atoms with Crippen LogP contribution in [0.25, 0.3) is 0 Å². The number of alkyl halides is 1. The second-order valence-corrected chi connectivity index (χ2v) is 4.29. The van der Waals surface area contributed by atoms with Crippen molar-refractivity contribution in [1.29, 1.82) is 0 Å². The number of hydrogen-bond acceptors (Lipinski definition) is 3. The molecule has 2 heterocycles. The molecule has 1 atom stereocenters. The van der Waals surface area contributed by atoms with Crippen molar-refractivity contribution in [2.45, 2.75) is 25.1 Å². The van der Waals surface area contributed by atoms with Crippen molar-refractivity contribution < 1.29 is 9.18 Å². The Kier molecular flexibility index (Phi) is 3.68. The van der Waals surface area contributed by atoms with Crippen LogP contribution in [0.15, 0.2) is 24.5 Å². The molecule has 1 unspecified atom stereocenters. The summed E-state index contributed by atoms with van der Waals surface area (Å²) in [7, 11) is 0. The van der Waals surface area contributed by atoms with E-state index in [0.717, 1.165) is 12.1 Å². The summed E-state index contributed by atoms with van der Waals surface area (Å²) in [5.74, 6) is -0.534. The molecule has 1 aromatic heterocycles. The molecule has 0 radical (unpaired) electrons. The van der Waals surface area contributed by atoms with E-state index in [4.69, 9.17) is 0 Å². The number of piperidine rings is 1. The Morgan fingerprint density at radius 3 is 3.18 bits per heavy atom. The lowest BCUT2D eigenvalue weighted by Crippen LogP contribution is -2.52. The highest BCUT2D eigenvalue weighted by Gasteiger charge is 2.39. The van der Waals surface area contributed by atoms with Gasteiger partial charge in [0.2, 0.25) is 5.67 Å². The molecule has 17 heavy (non-hydrogen) atoms. The van der Waals surface area contributed by atoms with Gasteiger partial charge in [0, 0.05) is 25.5 Å². The van der Waals surface area contributed by atoms with E-state index >= 15 is 0 Å². The molecule has 2 N–H and O–H groups in total. The lowest BCUT2D eigenvalue weighted by molar-refractivity contribution is -0.134. The standard InChI is InChI=1S/C12H16FN3O/c13-12(4-2-6-15-9-12)11(17)16-8-10-3-1-5-14-7-10/h1,3,5,7,15H,2,4,6,8-9H2,(H,16,17). The van der Waals surface area contributed by atoms with Gasteiger partial charge in [-0.05, 0) is 31.0 Å². The average Bonchev–Trinajstić information content (AvgIpc) is 2.38. The first kappa shape index (κ1) is 12.0. The fourth-order valence-electron chi connectivity index (χ4n) is 1.91. The van der Waals surface area contributed by atoms with Crippen molar-refractivity contribution in [2.75, 3.05) is 13.1 Å². The predicted octanol–water partition coefficient (Wildman–Crippen LogP) is 0.789. The van der Waals surface area contributed by atoms with Gasteiger partial charge in [0.05, 0.1) is 0 Å². The van der Waals surface area contributed by atoms with Gasteiger partial charge in [-0.2, -0.15) is 0 Å². The topological polar surface area (TPSA) is 54.0 Å². The van der Waals surface area contributed by atoms with Gasteiger partial charge in [0.25, 0.3) is 5.91 Å². The second-order valence-electron chi connectivity index (χ2n) is 4.29. The summed E-state index contributed by atoms with van der Waals surface area (Å²) in [4.78, 5) is 15.7. The number of aromatic nitrogens is 1. The molecule has 1 aromatic rings. The fourth-order valence-corrected chi connectivity index (χ4v) is 1.91. The summed E-state index contributed by atoms with van der Waals surface area (Å²) in [5.41, 5.74) is -0.895. The monoisotopic (exact) mass is 237 g/mol. The SMILES string of the molecule is O=C(NCc1cccnc1)C1(F)CCCNC1. The van der Waals surface area contributed by atoms with Crippen LogP contribution in [0.2, 0.25) is 0 Å². The predicted molar refractivity (Wildman–Crippen MR) is 62.0 cm³/mol. The van der Waals surface area contributed by atoms with Crippen molar-refractivity contribution in [3.05, 3.63) is 30.1 Å². The van der Waals surface area contributed by atoms with Crippen LogP contribution in [0.4, 0.5) is 4.39 Å². The third-order valence-electron chi connectivity index (χ3n) is 2.91. The molecule has 1 aliphatic heterocycles. The highest BCUT2D eigenvalue weighted by Crippen LogP contribution is 2.21. The number of nitrogens with one attached hydrogen (secondary N) is 2. The molecule has 2 rings (SSSR count). The van der Waals surface area contributed by atoms with E-state index in [1.54, 1.807) is 18.5 Å². The number of rotatable bonds is 3. The van der Waals surface area contributed by atoms with Gasteiger partial charge in [-0.3, -0.25) is 9.78 Å². The van der Waals surface area contributed by atoms with Crippen LogP contribution in [0.5, 0.6) is 0 Å². The minimum atomic E-state index is -1.76. The van der Waals surface area contributed by atoms with Crippen LogP contribution in [-0.2, 0) is 11.3 Å². The van der Waals surface area contributed by atoms with Crippen LogP contribution >= 0.6 is 0 Å². The first-order valence-electron chi connectivity index (χ1n) is 5.77. The first-order valence-corrected chi connectivity index (χ1v) is 5.77. The molecular formula is C12H16FN3O. The molecule has 0 bridgehead atoms. The summed E-state index contributed by atoms with van der Waals surface area (Å²) < 4.78 is 14.2. The zero-order chi connectivity index (χ0) is 12.1. The smallest absolute Gasteiger partial charge is 0.259 e. The van der Waals surface area contributed by atoms with Crippen molar-refractivity contribution in [2.24, 2.45) is 0 Å². The lowest BCUT2D eigenvalue weighted by atomic mass is 9.95. The Hall–Kier alpha value is -1.49. The van der Waals surface area contributed by atoms with Crippen LogP contribution < -0.4 is 10.6 Å². The number of hydrogen-bond donors (Lipinski definition) is 2. The van der Waals surface area contributed by atoms with Crippen molar-refractivity contribution in [1.82, 2.24) is 15.6 Å². The number of pyridine rings is 1. The molecule has 92 valence electrons. The van der Waals surface area contributed by atoms with E-state index in [-0.39, 0.29) is 6.54 Å². The Bertz CT molecular complexity index is 377. The van der Waals surface area contributed by atoms with Crippen LogP contribution in [0.3, 0.4) is 0 Å². The second kappa shape index (κ2) is 5.23. The zero-order valence-corrected chi connectivity index (χ0v) is 9.58. The molecule has 0 saturated carbocycles. The van der Waals surface area contributed by atoms with Gasteiger partial charge in [-0.15, -0.1) is 0 Å². The number of carbonyl (C=O) groups excluding carboxylic acids is 1. The summed E-state index contributed by atoms with van der Waals surface area (Å²) in [6, 6.07) is 3.63. The molecule has 1 fully saturated rings. The first-order chi connectivity index (χ1) is 8.21. The Balaban J connectivity index is 1.88. The average molecular weight is 237 g/mol. The molecule has 1 saturated heterocycles. The summed E-state index contributed by atoms with van der Waals surface area (Å²) in [6.07, 6.45) is 4.30. The maximum absolute atomic E-state index is 14.2. The summed E-state index contributed by atoms with van der Waals surface area (Å²) in [5, 5.41) is 5.52. The van der Waals surface area contributed by atoms with Crippen LogP contribution in [0.1, 0.15) is 18.4 Å². The van der Waals surface area contributed by atoms with Gasteiger partial charge in [-0.25, -0.2) is 4.39 Å². The van der Waals surface area contributed by atoms with Gasteiger partial charge >= 0.3 is 0 Å². The van der Waals surface area contributed by atoms with Crippen LogP contribution in [-0.4, -0.2) is 29.6 Å². The Morgan fingerprint density at radius 1 is 1.65 bits per heavy atom. The summed E-state index contributed by atoms with van der Waals surface area (Å²) >= 11 is 0. The molecule has 5 heteroatoms. The quantitative estimate of drug-likeness (QED) is 0.817. The largest absolute Gasteiger partial charge is 0.349 e. The number of nitrogens with zero attached hydrogens (tertiary/aromatic N) is 1. The van der Waals surface area contributed by atoms with Gasteiger partial charge in [0.1, 0.15) is 0 Å². The third kappa shape index (κ3) is 3.00. The number of carbonyl (C=O) groups is 1. The van der Waals surface area contributed by atoms with Gasteiger partial charge < -0.3 is 10.6 Å². The normalized spacial score (nSPS) is 24.3. The number of halogens is 1. The van der Waals surface area contributed by atoms with E-state index in [9.17, 15) is 9.18 Å². The van der Waals surface area contributed by atoms with E-state index < -0.39 is 11.6 Å². The van der Waals surface area contributed by atoms with Crippen molar-refractivity contribution in [3.63, 3.8) is 0 Å². The van der Waals surface area contributed by atoms with Crippen molar-refractivity contribution >= 4 is 5.91 Å². The molecule has 0 spiro atoms.